The van der Waals surface area contributed by atoms with Crippen LogP contribution in [-0.2, 0) is 11.3 Å². The third-order valence-corrected chi connectivity index (χ3v) is 4.51. The lowest BCUT2D eigenvalue weighted by atomic mass is 10.1. The van der Waals surface area contributed by atoms with Crippen molar-refractivity contribution in [3.63, 3.8) is 0 Å². The summed E-state index contributed by atoms with van der Waals surface area (Å²) in [5.74, 6) is -0.470. The number of ether oxygens (including phenoxy) is 1. The predicted molar refractivity (Wildman–Crippen MR) is 103 cm³/mol. The van der Waals surface area contributed by atoms with Crippen molar-refractivity contribution in [2.75, 3.05) is 19.0 Å². The van der Waals surface area contributed by atoms with Crippen LogP contribution in [-0.4, -0.2) is 18.3 Å². The number of nitrogens with one attached hydrogen (secondary N) is 1. The highest BCUT2D eigenvalue weighted by atomic mass is 19.1. The molecule has 1 aromatic carbocycles. The molecule has 3 rings (SSSR count). The lowest BCUT2D eigenvalue weighted by Crippen LogP contribution is -2.26. The number of rotatable bonds is 5. The number of hydrogen-bond donors (Lipinski definition) is 1. The van der Waals surface area contributed by atoms with Gasteiger partial charge in [-0.25, -0.2) is 9.18 Å². The van der Waals surface area contributed by atoms with Crippen molar-refractivity contribution in [1.82, 2.24) is 4.57 Å². The van der Waals surface area contributed by atoms with Gasteiger partial charge in [-0.2, -0.15) is 0 Å². The molecule has 0 unspecified atom stereocenters. The molecule has 0 fully saturated rings. The van der Waals surface area contributed by atoms with Crippen molar-refractivity contribution >= 4 is 22.3 Å². The van der Waals surface area contributed by atoms with Crippen molar-refractivity contribution in [2.24, 2.45) is 0 Å². The van der Waals surface area contributed by atoms with E-state index < -0.39 is 11.4 Å². The van der Waals surface area contributed by atoms with Crippen LogP contribution < -0.4 is 16.5 Å². The molecule has 3 aromatic rings. The van der Waals surface area contributed by atoms with Crippen LogP contribution in [0, 0.1) is 26.6 Å². The van der Waals surface area contributed by atoms with E-state index >= 15 is 0 Å². The number of benzene rings is 1. The largest absolute Gasteiger partial charge is 0.422 e. The van der Waals surface area contributed by atoms with E-state index in [1.165, 1.54) is 6.07 Å². The lowest BCUT2D eigenvalue weighted by Gasteiger charge is -2.15. The molecule has 0 radical (unpaired) electrons. The summed E-state index contributed by atoms with van der Waals surface area (Å²) in [4.78, 5) is 25.3. The van der Waals surface area contributed by atoms with E-state index in [1.807, 2.05) is 0 Å². The Balaban J connectivity index is 2.28. The molecule has 27 heavy (non-hydrogen) atoms. The molecule has 0 aliphatic carbocycles. The van der Waals surface area contributed by atoms with Crippen LogP contribution in [0.5, 0.6) is 0 Å². The number of fused-ring (bicyclic) bond motifs is 1. The molecule has 0 bridgehead atoms. The Morgan fingerprint density at radius 1 is 1.19 bits per heavy atom. The maximum Gasteiger partial charge on any atom is 0.341 e. The van der Waals surface area contributed by atoms with E-state index in [0.717, 1.165) is 5.56 Å². The fourth-order valence-electron chi connectivity index (χ4n) is 2.99. The first-order valence-electron chi connectivity index (χ1n) is 8.53. The second-order valence-electron chi connectivity index (χ2n) is 6.47. The maximum atomic E-state index is 14.3. The number of nitrogens with zero attached hydrogens (tertiary/aromatic N) is 1. The summed E-state index contributed by atoms with van der Waals surface area (Å²) in [5, 5.41) is 3.12. The van der Waals surface area contributed by atoms with Gasteiger partial charge in [0, 0.05) is 25.4 Å². The zero-order chi connectivity index (χ0) is 19.7. The monoisotopic (exact) mass is 372 g/mol. The van der Waals surface area contributed by atoms with Crippen LogP contribution in [0.1, 0.15) is 16.8 Å². The molecule has 2 aromatic heterocycles. The van der Waals surface area contributed by atoms with Gasteiger partial charge in [-0.15, -0.1) is 0 Å². The molecule has 2 heterocycles. The molecular formula is C20H21FN2O4. The summed E-state index contributed by atoms with van der Waals surface area (Å²) < 4.78 is 26.2. The normalized spacial score (nSPS) is 11.1. The predicted octanol–water partition coefficient (Wildman–Crippen LogP) is 3.41. The molecule has 142 valence electrons. The summed E-state index contributed by atoms with van der Waals surface area (Å²) in [6, 6.07) is 6.33. The summed E-state index contributed by atoms with van der Waals surface area (Å²) in [6.45, 7) is 5.79. The average molecular weight is 372 g/mol. The zero-order valence-electron chi connectivity index (χ0n) is 15.7. The summed E-state index contributed by atoms with van der Waals surface area (Å²) in [6.07, 6.45) is 0. The Bertz CT molecular complexity index is 1130. The topological polar surface area (TPSA) is 73.5 Å². The Morgan fingerprint density at radius 2 is 1.93 bits per heavy atom. The fourth-order valence-corrected chi connectivity index (χ4v) is 2.99. The molecule has 0 atom stereocenters. The van der Waals surface area contributed by atoms with E-state index in [2.05, 4.69) is 5.32 Å². The SMILES string of the molecule is COCCn1c(C)cc2oc(=O)c(C)c(Nc3ccc(C)cc3F)c2c1=O. The van der Waals surface area contributed by atoms with Crippen LogP contribution in [0.2, 0.25) is 0 Å². The lowest BCUT2D eigenvalue weighted by molar-refractivity contribution is 0.185. The van der Waals surface area contributed by atoms with Gasteiger partial charge in [0.15, 0.2) is 0 Å². The smallest absolute Gasteiger partial charge is 0.341 e. The number of aromatic nitrogens is 1. The van der Waals surface area contributed by atoms with Crippen LogP contribution in [0.15, 0.2) is 38.3 Å². The standard InChI is InChI=1S/C20H21FN2O4/c1-11-5-6-15(14(21)9-11)22-18-13(3)20(25)27-16-10-12(2)23(7-8-26-4)19(24)17(16)18/h5-6,9-10,22H,7-8H2,1-4H3. The van der Waals surface area contributed by atoms with Crippen LogP contribution >= 0.6 is 0 Å². The van der Waals surface area contributed by atoms with Gasteiger partial charge in [0.2, 0.25) is 0 Å². The minimum absolute atomic E-state index is 0.164. The number of pyridine rings is 1. The van der Waals surface area contributed by atoms with E-state index in [1.54, 1.807) is 50.6 Å². The number of halogens is 1. The molecule has 7 heteroatoms. The third-order valence-electron chi connectivity index (χ3n) is 4.51. The van der Waals surface area contributed by atoms with Crippen molar-refractivity contribution < 1.29 is 13.5 Å². The minimum Gasteiger partial charge on any atom is -0.422 e. The van der Waals surface area contributed by atoms with Gasteiger partial charge in [-0.1, -0.05) is 6.07 Å². The highest BCUT2D eigenvalue weighted by molar-refractivity contribution is 5.92. The summed E-state index contributed by atoms with van der Waals surface area (Å²) in [5.41, 5.74) is 1.31. The summed E-state index contributed by atoms with van der Waals surface area (Å²) >= 11 is 0. The van der Waals surface area contributed by atoms with E-state index in [0.29, 0.717) is 18.8 Å². The van der Waals surface area contributed by atoms with Gasteiger partial charge in [0.1, 0.15) is 16.8 Å². The molecule has 0 amide bonds. The van der Waals surface area contributed by atoms with Gasteiger partial charge in [0.05, 0.1) is 23.5 Å². The molecule has 1 N–H and O–H groups in total. The van der Waals surface area contributed by atoms with Crippen LogP contribution in [0.4, 0.5) is 15.8 Å². The first kappa shape index (κ1) is 18.8. The highest BCUT2D eigenvalue weighted by Crippen LogP contribution is 2.28. The molecule has 0 aliphatic heterocycles. The number of aryl methyl sites for hydroxylation is 2. The molecule has 0 saturated heterocycles. The second-order valence-corrected chi connectivity index (χ2v) is 6.47. The highest BCUT2D eigenvalue weighted by Gasteiger charge is 2.18. The number of anilines is 2. The van der Waals surface area contributed by atoms with E-state index in [4.69, 9.17) is 9.15 Å². The van der Waals surface area contributed by atoms with Gasteiger partial charge in [-0.3, -0.25) is 4.79 Å². The Hall–Kier alpha value is -2.93. The van der Waals surface area contributed by atoms with Gasteiger partial charge >= 0.3 is 5.63 Å². The quantitative estimate of drug-likeness (QED) is 0.743. The molecule has 6 nitrogen and oxygen atoms in total. The number of hydrogen-bond acceptors (Lipinski definition) is 5. The molecule has 0 aliphatic rings. The zero-order valence-corrected chi connectivity index (χ0v) is 15.7. The first-order chi connectivity index (χ1) is 12.8. The summed E-state index contributed by atoms with van der Waals surface area (Å²) in [7, 11) is 1.55. The first-order valence-corrected chi connectivity index (χ1v) is 8.53. The maximum absolute atomic E-state index is 14.3. The number of methoxy groups -OCH3 is 1. The third kappa shape index (κ3) is 3.50. The van der Waals surface area contributed by atoms with Gasteiger partial charge in [-0.05, 0) is 38.5 Å². The van der Waals surface area contributed by atoms with Crippen LogP contribution in [0.3, 0.4) is 0 Å². The second kappa shape index (κ2) is 7.36. The van der Waals surface area contributed by atoms with Crippen molar-refractivity contribution in [3.05, 3.63) is 67.7 Å². The fraction of sp³-hybridized carbons (Fsp3) is 0.300. The van der Waals surface area contributed by atoms with E-state index in [9.17, 15) is 14.0 Å². The molecule has 0 saturated carbocycles. The molecular weight excluding hydrogens is 351 g/mol. The van der Waals surface area contributed by atoms with Crippen molar-refractivity contribution in [3.8, 4) is 0 Å². The van der Waals surface area contributed by atoms with Gasteiger partial charge in [0.25, 0.3) is 5.56 Å². The Kier molecular flexibility index (Phi) is 5.14. The van der Waals surface area contributed by atoms with E-state index in [-0.39, 0.29) is 33.5 Å². The van der Waals surface area contributed by atoms with Crippen molar-refractivity contribution in [1.29, 1.82) is 0 Å². The Labute approximate surface area is 155 Å². The van der Waals surface area contributed by atoms with Gasteiger partial charge < -0.3 is 19.0 Å². The van der Waals surface area contributed by atoms with Crippen molar-refractivity contribution in [2.45, 2.75) is 27.3 Å². The Morgan fingerprint density at radius 3 is 2.59 bits per heavy atom. The minimum atomic E-state index is -0.578. The average Bonchev–Trinajstić information content (AvgIpc) is 2.60. The van der Waals surface area contributed by atoms with Crippen LogP contribution in [0.25, 0.3) is 11.0 Å². The molecule has 0 spiro atoms.